The monoisotopic (exact) mass is 247 g/mol. The number of anilines is 1. The first-order valence-electron chi connectivity index (χ1n) is 6.03. The van der Waals surface area contributed by atoms with E-state index >= 15 is 0 Å². The molecule has 6 heteroatoms. The smallest absolute Gasteiger partial charge is 0.293 e. The number of aryl methyl sites for hydroxylation is 1. The lowest BCUT2D eigenvalue weighted by Gasteiger charge is -2.13. The Bertz CT molecular complexity index is 546. The van der Waals surface area contributed by atoms with E-state index in [4.69, 9.17) is 0 Å². The van der Waals surface area contributed by atoms with Crippen molar-refractivity contribution in [2.75, 3.05) is 5.32 Å². The molecule has 0 spiro atoms. The van der Waals surface area contributed by atoms with Gasteiger partial charge in [0.25, 0.3) is 5.56 Å². The van der Waals surface area contributed by atoms with Crippen LogP contribution in [0.4, 0.5) is 5.82 Å². The van der Waals surface area contributed by atoms with Crippen LogP contribution in [-0.2, 0) is 6.54 Å². The Morgan fingerprint density at radius 1 is 1.56 bits per heavy atom. The van der Waals surface area contributed by atoms with E-state index in [2.05, 4.69) is 20.5 Å². The molecule has 0 saturated carbocycles. The van der Waals surface area contributed by atoms with E-state index in [-0.39, 0.29) is 11.6 Å². The highest BCUT2D eigenvalue weighted by molar-refractivity contribution is 5.34. The molecule has 2 heterocycles. The van der Waals surface area contributed by atoms with E-state index < -0.39 is 0 Å². The first-order chi connectivity index (χ1) is 8.72. The van der Waals surface area contributed by atoms with Crippen LogP contribution >= 0.6 is 0 Å². The molecule has 0 saturated heterocycles. The molecule has 0 radical (unpaired) electrons. The van der Waals surface area contributed by atoms with E-state index in [1.54, 1.807) is 29.4 Å². The van der Waals surface area contributed by atoms with Crippen molar-refractivity contribution in [3.63, 3.8) is 0 Å². The molecule has 1 unspecified atom stereocenters. The Balaban J connectivity index is 2.19. The fraction of sp³-hybridized carbons (Fsp3) is 0.417. The van der Waals surface area contributed by atoms with Gasteiger partial charge in [0, 0.05) is 30.7 Å². The van der Waals surface area contributed by atoms with Crippen molar-refractivity contribution in [2.24, 2.45) is 0 Å². The molecule has 2 N–H and O–H groups in total. The van der Waals surface area contributed by atoms with Gasteiger partial charge >= 0.3 is 0 Å². The molecule has 2 aromatic heterocycles. The topological polar surface area (TPSA) is 75.6 Å². The van der Waals surface area contributed by atoms with Crippen molar-refractivity contribution in [1.82, 2.24) is 19.7 Å². The number of aromatic nitrogens is 4. The van der Waals surface area contributed by atoms with Crippen LogP contribution in [0.2, 0.25) is 0 Å². The molecule has 0 fully saturated rings. The number of hydrogen-bond acceptors (Lipinski definition) is 4. The summed E-state index contributed by atoms with van der Waals surface area (Å²) in [6.45, 7) is 4.70. The minimum atomic E-state index is -0.0882. The second-order valence-corrected chi connectivity index (χ2v) is 4.17. The van der Waals surface area contributed by atoms with E-state index in [9.17, 15) is 4.79 Å². The molecule has 0 bridgehead atoms. The van der Waals surface area contributed by atoms with Gasteiger partial charge in [-0.25, -0.2) is 4.98 Å². The fourth-order valence-corrected chi connectivity index (χ4v) is 1.75. The van der Waals surface area contributed by atoms with E-state index in [0.717, 1.165) is 12.0 Å². The zero-order valence-corrected chi connectivity index (χ0v) is 10.6. The number of aromatic amines is 1. The summed E-state index contributed by atoms with van der Waals surface area (Å²) in [5.74, 6) is 0.375. The van der Waals surface area contributed by atoms with Crippen molar-refractivity contribution in [1.29, 1.82) is 0 Å². The first kappa shape index (κ1) is 12.3. The third kappa shape index (κ3) is 2.58. The van der Waals surface area contributed by atoms with Crippen LogP contribution in [0.5, 0.6) is 0 Å². The zero-order chi connectivity index (χ0) is 13.0. The quantitative estimate of drug-likeness (QED) is 0.840. The highest BCUT2D eigenvalue weighted by atomic mass is 16.1. The van der Waals surface area contributed by atoms with Gasteiger partial charge in [0.05, 0.1) is 12.2 Å². The molecule has 0 aromatic carbocycles. The van der Waals surface area contributed by atoms with Gasteiger partial charge in [-0.3, -0.25) is 9.89 Å². The van der Waals surface area contributed by atoms with Gasteiger partial charge in [-0.2, -0.15) is 5.10 Å². The Kier molecular flexibility index (Phi) is 3.76. The summed E-state index contributed by atoms with van der Waals surface area (Å²) in [6.07, 6.45) is 7.79. The number of hydrogen-bond donors (Lipinski definition) is 2. The summed E-state index contributed by atoms with van der Waals surface area (Å²) in [5.41, 5.74) is 0.900. The largest absolute Gasteiger partial charge is 0.359 e. The number of nitrogens with zero attached hydrogens (tertiary/aromatic N) is 3. The first-order valence-corrected chi connectivity index (χ1v) is 6.03. The van der Waals surface area contributed by atoms with Gasteiger partial charge in [-0.05, 0) is 13.3 Å². The molecule has 0 aliphatic rings. The van der Waals surface area contributed by atoms with Crippen LogP contribution in [-0.4, -0.2) is 19.7 Å². The van der Waals surface area contributed by atoms with Crippen LogP contribution in [0.3, 0.4) is 0 Å². The third-order valence-electron chi connectivity index (χ3n) is 2.75. The lowest BCUT2D eigenvalue weighted by molar-refractivity contribution is 0.648. The van der Waals surface area contributed by atoms with Crippen LogP contribution in [0.15, 0.2) is 29.6 Å². The molecule has 2 aromatic rings. The lowest BCUT2D eigenvalue weighted by atomic mass is 10.2. The van der Waals surface area contributed by atoms with Crippen molar-refractivity contribution in [3.05, 3.63) is 40.7 Å². The van der Waals surface area contributed by atoms with Crippen LogP contribution in [0, 0.1) is 0 Å². The standard InChI is InChI=1S/C12H17N5O/c1-3-5-17-6-4-13-11(12(17)18)16-9(2)10-7-14-15-8-10/h4,6-9H,3,5H2,1-2H3,(H,13,16)(H,14,15). The molecule has 18 heavy (non-hydrogen) atoms. The van der Waals surface area contributed by atoms with E-state index in [0.29, 0.717) is 12.4 Å². The van der Waals surface area contributed by atoms with E-state index in [1.807, 2.05) is 13.8 Å². The Labute approximate surface area is 105 Å². The summed E-state index contributed by atoms with van der Waals surface area (Å²) in [5, 5.41) is 9.74. The summed E-state index contributed by atoms with van der Waals surface area (Å²) < 4.78 is 1.66. The molecule has 6 nitrogen and oxygen atoms in total. The Morgan fingerprint density at radius 3 is 3.06 bits per heavy atom. The Hall–Kier alpha value is -2.11. The summed E-state index contributed by atoms with van der Waals surface area (Å²) >= 11 is 0. The predicted molar refractivity (Wildman–Crippen MR) is 69.4 cm³/mol. The maximum absolute atomic E-state index is 12.1. The number of nitrogens with one attached hydrogen (secondary N) is 2. The van der Waals surface area contributed by atoms with Gasteiger partial charge in [0.1, 0.15) is 0 Å². The van der Waals surface area contributed by atoms with Crippen LogP contribution in [0.25, 0.3) is 0 Å². The average Bonchev–Trinajstić information content (AvgIpc) is 2.88. The van der Waals surface area contributed by atoms with Crippen molar-refractivity contribution in [2.45, 2.75) is 32.9 Å². The van der Waals surface area contributed by atoms with E-state index in [1.165, 1.54) is 0 Å². The second kappa shape index (κ2) is 5.48. The van der Waals surface area contributed by atoms with Crippen molar-refractivity contribution < 1.29 is 0 Å². The number of rotatable bonds is 5. The predicted octanol–water partition coefficient (Wildman–Crippen LogP) is 1.55. The minimum absolute atomic E-state index is 0.0126. The molecule has 96 valence electrons. The molecule has 2 rings (SSSR count). The Morgan fingerprint density at radius 2 is 2.39 bits per heavy atom. The molecular formula is C12H17N5O. The minimum Gasteiger partial charge on any atom is -0.359 e. The normalized spacial score (nSPS) is 12.3. The van der Waals surface area contributed by atoms with Gasteiger partial charge in [-0.1, -0.05) is 6.92 Å². The molecular weight excluding hydrogens is 230 g/mol. The molecule has 0 amide bonds. The maximum Gasteiger partial charge on any atom is 0.293 e. The molecule has 1 atom stereocenters. The third-order valence-corrected chi connectivity index (χ3v) is 2.75. The van der Waals surface area contributed by atoms with Gasteiger partial charge in [0.2, 0.25) is 0 Å². The molecule has 0 aliphatic carbocycles. The summed E-state index contributed by atoms with van der Waals surface area (Å²) in [6, 6.07) is -0.0126. The second-order valence-electron chi connectivity index (χ2n) is 4.17. The van der Waals surface area contributed by atoms with Crippen LogP contribution < -0.4 is 10.9 Å². The van der Waals surface area contributed by atoms with Gasteiger partial charge in [0.15, 0.2) is 5.82 Å². The van der Waals surface area contributed by atoms with Crippen LogP contribution in [0.1, 0.15) is 31.9 Å². The summed E-state index contributed by atoms with van der Waals surface area (Å²) in [4.78, 5) is 16.2. The summed E-state index contributed by atoms with van der Waals surface area (Å²) in [7, 11) is 0. The fourth-order valence-electron chi connectivity index (χ4n) is 1.75. The van der Waals surface area contributed by atoms with Gasteiger partial charge < -0.3 is 9.88 Å². The lowest BCUT2D eigenvalue weighted by Crippen LogP contribution is -2.25. The zero-order valence-electron chi connectivity index (χ0n) is 10.6. The highest BCUT2D eigenvalue weighted by Gasteiger charge is 2.10. The van der Waals surface area contributed by atoms with Crippen molar-refractivity contribution >= 4 is 5.82 Å². The maximum atomic E-state index is 12.1. The SMILES string of the molecule is CCCn1ccnc(NC(C)c2cn[nH]c2)c1=O. The van der Waals surface area contributed by atoms with Gasteiger partial charge in [-0.15, -0.1) is 0 Å². The highest BCUT2D eigenvalue weighted by Crippen LogP contribution is 2.13. The average molecular weight is 247 g/mol. The van der Waals surface area contributed by atoms with Crippen molar-refractivity contribution in [3.8, 4) is 0 Å². The number of H-pyrrole nitrogens is 1. The molecule has 0 aliphatic heterocycles.